The molecule has 3 rings (SSSR count). The first-order valence-electron chi connectivity index (χ1n) is 10.4. The van der Waals surface area contributed by atoms with Gasteiger partial charge < -0.3 is 14.4 Å². The van der Waals surface area contributed by atoms with Crippen LogP contribution in [-0.4, -0.2) is 42.5 Å². The van der Waals surface area contributed by atoms with E-state index in [-0.39, 0.29) is 11.3 Å². The summed E-state index contributed by atoms with van der Waals surface area (Å²) in [4.78, 5) is 25.3. The van der Waals surface area contributed by atoms with Gasteiger partial charge in [-0.3, -0.25) is 14.9 Å². The number of ether oxygens (including phenoxy) is 2. The Hall–Kier alpha value is -3.23. The van der Waals surface area contributed by atoms with Gasteiger partial charge in [-0.15, -0.1) is 0 Å². The number of methoxy groups -OCH3 is 1. The number of benzene rings is 2. The molecule has 0 bridgehead atoms. The molecule has 0 spiro atoms. The Labute approximate surface area is 185 Å². The summed E-state index contributed by atoms with van der Waals surface area (Å²) in [7, 11) is 1.22. The highest BCUT2D eigenvalue weighted by Gasteiger charge is 2.31. The third-order valence-corrected chi connectivity index (χ3v) is 5.79. The highest BCUT2D eigenvalue weighted by molar-refractivity contribution is 5.99. The van der Waals surface area contributed by atoms with Crippen molar-refractivity contribution in [1.82, 2.24) is 4.90 Å². The Kier molecular flexibility index (Phi) is 7.61. The molecule has 1 amide bonds. The minimum absolute atomic E-state index is 0.160. The largest absolute Gasteiger partial charge is 0.493 e. The van der Waals surface area contributed by atoms with Crippen molar-refractivity contribution >= 4 is 11.6 Å². The topological polar surface area (TPSA) is 81.9 Å². The van der Waals surface area contributed by atoms with Gasteiger partial charge in [-0.1, -0.05) is 29.8 Å². The van der Waals surface area contributed by atoms with Gasteiger partial charge >= 0.3 is 6.61 Å². The highest BCUT2D eigenvalue weighted by Crippen LogP contribution is 2.37. The number of hydrogen-bond acceptors (Lipinski definition) is 5. The average molecular weight is 448 g/mol. The Morgan fingerprint density at radius 1 is 1.19 bits per heavy atom. The van der Waals surface area contributed by atoms with Gasteiger partial charge in [0.05, 0.1) is 18.1 Å². The lowest BCUT2D eigenvalue weighted by Gasteiger charge is -2.32. The maximum atomic E-state index is 13.0. The number of aryl methyl sites for hydroxylation is 2. The van der Waals surface area contributed by atoms with Crippen LogP contribution < -0.4 is 9.47 Å². The first-order valence-corrected chi connectivity index (χ1v) is 10.4. The molecule has 0 aromatic heterocycles. The van der Waals surface area contributed by atoms with Crippen molar-refractivity contribution in [3.8, 4) is 11.5 Å². The second-order valence-corrected chi connectivity index (χ2v) is 7.92. The van der Waals surface area contributed by atoms with E-state index in [0.29, 0.717) is 19.0 Å². The monoisotopic (exact) mass is 448 g/mol. The molecule has 1 heterocycles. The van der Waals surface area contributed by atoms with Crippen LogP contribution in [0.25, 0.3) is 0 Å². The SMILES string of the molecule is COc1cc(C(=O)N2CCC(CCc3ccc(C)cc3)CC2)c([N+](=O)[O-])cc1OC(F)F. The van der Waals surface area contributed by atoms with Crippen LogP contribution in [0, 0.1) is 23.0 Å². The number of carbonyl (C=O) groups is 1. The van der Waals surface area contributed by atoms with Gasteiger partial charge in [0.2, 0.25) is 0 Å². The first kappa shape index (κ1) is 23.4. The molecule has 2 aromatic carbocycles. The molecular formula is C23H26F2N2O5. The number of hydrogen-bond donors (Lipinski definition) is 0. The fourth-order valence-electron chi connectivity index (χ4n) is 3.94. The van der Waals surface area contributed by atoms with Gasteiger partial charge in [-0.2, -0.15) is 8.78 Å². The van der Waals surface area contributed by atoms with E-state index in [1.54, 1.807) is 4.90 Å². The molecule has 0 saturated carbocycles. The number of likely N-dealkylation sites (tertiary alicyclic amines) is 1. The summed E-state index contributed by atoms with van der Waals surface area (Å²) >= 11 is 0. The van der Waals surface area contributed by atoms with E-state index in [4.69, 9.17) is 4.74 Å². The van der Waals surface area contributed by atoms with Crippen LogP contribution in [0.4, 0.5) is 14.5 Å². The van der Waals surface area contributed by atoms with E-state index in [2.05, 4.69) is 35.9 Å². The van der Waals surface area contributed by atoms with Crippen molar-refractivity contribution in [3.63, 3.8) is 0 Å². The number of piperidine rings is 1. The fourth-order valence-corrected chi connectivity index (χ4v) is 3.94. The second-order valence-electron chi connectivity index (χ2n) is 7.92. The molecule has 1 aliphatic rings. The van der Waals surface area contributed by atoms with E-state index in [0.717, 1.165) is 37.8 Å². The number of rotatable bonds is 8. The Morgan fingerprint density at radius 2 is 1.84 bits per heavy atom. The minimum atomic E-state index is -3.18. The summed E-state index contributed by atoms with van der Waals surface area (Å²) in [5.74, 6) is -0.699. The van der Waals surface area contributed by atoms with Crippen LogP contribution in [0.3, 0.4) is 0 Å². The number of nitro groups is 1. The van der Waals surface area contributed by atoms with Crippen LogP contribution in [-0.2, 0) is 6.42 Å². The van der Waals surface area contributed by atoms with Gasteiger partial charge in [0.15, 0.2) is 11.5 Å². The van der Waals surface area contributed by atoms with Crippen molar-refractivity contribution in [2.75, 3.05) is 20.2 Å². The predicted molar refractivity (Wildman–Crippen MR) is 114 cm³/mol. The third-order valence-electron chi connectivity index (χ3n) is 5.79. The van der Waals surface area contributed by atoms with E-state index >= 15 is 0 Å². The number of nitrogens with zero attached hydrogens (tertiary/aromatic N) is 2. The minimum Gasteiger partial charge on any atom is -0.493 e. The molecule has 2 aromatic rings. The summed E-state index contributed by atoms with van der Waals surface area (Å²) in [6.45, 7) is -0.169. The van der Waals surface area contributed by atoms with E-state index in [1.165, 1.54) is 18.2 Å². The maximum absolute atomic E-state index is 13.0. The molecule has 1 saturated heterocycles. The summed E-state index contributed by atoms with van der Waals surface area (Å²) in [6.07, 6.45) is 3.58. The molecule has 1 aliphatic heterocycles. The molecule has 0 atom stereocenters. The van der Waals surface area contributed by atoms with Crippen LogP contribution in [0.5, 0.6) is 11.5 Å². The third kappa shape index (κ3) is 5.72. The van der Waals surface area contributed by atoms with Gasteiger partial charge in [-0.05, 0) is 44.1 Å². The number of amides is 1. The fraction of sp³-hybridized carbons (Fsp3) is 0.435. The zero-order chi connectivity index (χ0) is 23.3. The Bertz CT molecular complexity index is 958. The zero-order valence-electron chi connectivity index (χ0n) is 18.1. The molecule has 32 heavy (non-hydrogen) atoms. The van der Waals surface area contributed by atoms with Crippen LogP contribution >= 0.6 is 0 Å². The molecule has 7 nitrogen and oxygen atoms in total. The van der Waals surface area contributed by atoms with Crippen LogP contribution in [0.2, 0.25) is 0 Å². The number of nitro benzene ring substituents is 1. The van der Waals surface area contributed by atoms with Crippen molar-refractivity contribution in [2.45, 2.75) is 39.2 Å². The van der Waals surface area contributed by atoms with Gasteiger partial charge in [0.1, 0.15) is 5.56 Å². The first-order chi connectivity index (χ1) is 15.3. The highest BCUT2D eigenvalue weighted by atomic mass is 19.3. The van der Waals surface area contributed by atoms with Gasteiger partial charge in [-0.25, -0.2) is 0 Å². The molecule has 0 radical (unpaired) electrons. The average Bonchev–Trinajstić information content (AvgIpc) is 2.78. The molecule has 0 unspecified atom stereocenters. The standard InChI is InChI=1S/C23H26F2N2O5/c1-15-3-5-16(6-4-15)7-8-17-9-11-26(12-10-17)22(28)18-13-20(31-2)21(32-23(24)25)14-19(18)27(29)30/h3-6,13-14,17,23H,7-12H2,1-2H3. The predicted octanol–water partition coefficient (Wildman–Crippen LogP) is 5.00. The zero-order valence-corrected chi connectivity index (χ0v) is 18.1. The lowest BCUT2D eigenvalue weighted by molar-refractivity contribution is -0.385. The van der Waals surface area contributed by atoms with Crippen molar-refractivity contribution in [2.24, 2.45) is 5.92 Å². The molecule has 0 aliphatic carbocycles. The van der Waals surface area contributed by atoms with Crippen molar-refractivity contribution < 1.29 is 28.0 Å². The summed E-state index contributed by atoms with van der Waals surface area (Å²) in [5.41, 5.74) is 1.71. The number of alkyl halides is 2. The Morgan fingerprint density at radius 3 is 2.41 bits per heavy atom. The lowest BCUT2D eigenvalue weighted by atomic mass is 9.90. The molecule has 172 valence electrons. The summed E-state index contributed by atoms with van der Waals surface area (Å²) in [5, 5.41) is 11.5. The van der Waals surface area contributed by atoms with Crippen LogP contribution in [0.1, 0.15) is 40.7 Å². The summed E-state index contributed by atoms with van der Waals surface area (Å²) in [6, 6.07) is 10.4. The maximum Gasteiger partial charge on any atom is 0.387 e. The van der Waals surface area contributed by atoms with E-state index in [9.17, 15) is 23.7 Å². The smallest absolute Gasteiger partial charge is 0.387 e. The lowest BCUT2D eigenvalue weighted by Crippen LogP contribution is -2.38. The van der Waals surface area contributed by atoms with Gasteiger partial charge in [0, 0.05) is 19.2 Å². The van der Waals surface area contributed by atoms with Crippen molar-refractivity contribution in [3.05, 3.63) is 63.2 Å². The second kappa shape index (κ2) is 10.4. The van der Waals surface area contributed by atoms with Crippen LogP contribution in [0.15, 0.2) is 36.4 Å². The Balaban J connectivity index is 1.67. The molecular weight excluding hydrogens is 422 g/mol. The molecule has 0 N–H and O–H groups in total. The normalized spacial score (nSPS) is 14.5. The van der Waals surface area contributed by atoms with E-state index < -0.39 is 28.9 Å². The molecule has 1 fully saturated rings. The van der Waals surface area contributed by atoms with E-state index in [1.807, 2.05) is 0 Å². The van der Waals surface area contributed by atoms with Crippen molar-refractivity contribution in [1.29, 1.82) is 0 Å². The summed E-state index contributed by atoms with van der Waals surface area (Å²) < 4.78 is 34.6. The quantitative estimate of drug-likeness (QED) is 0.419. The van der Waals surface area contributed by atoms with Gasteiger partial charge in [0.25, 0.3) is 11.6 Å². The number of halogens is 2. The number of carbonyl (C=O) groups excluding carboxylic acids is 1. The molecule has 9 heteroatoms.